The number of benzene rings is 1. The topological polar surface area (TPSA) is 84.6 Å². The quantitative estimate of drug-likeness (QED) is 0.396. The Morgan fingerprint density at radius 2 is 2.30 bits per heavy atom. The van der Waals surface area contributed by atoms with Crippen molar-refractivity contribution in [3.8, 4) is 0 Å². The van der Waals surface area contributed by atoms with E-state index in [-0.39, 0.29) is 11.3 Å². The van der Waals surface area contributed by atoms with Crippen LogP contribution in [-0.2, 0) is 0 Å². The van der Waals surface area contributed by atoms with Crippen molar-refractivity contribution in [1.82, 2.24) is 5.43 Å². The molecule has 1 unspecified atom stereocenters. The Bertz CT molecular complexity index is 567. The maximum Gasteiger partial charge on any atom is 0.271 e. The van der Waals surface area contributed by atoms with Crippen LogP contribution in [0.4, 0.5) is 5.69 Å². The van der Waals surface area contributed by atoms with Crippen LogP contribution in [0.5, 0.6) is 0 Å². The van der Waals surface area contributed by atoms with Gasteiger partial charge in [-0.1, -0.05) is 18.2 Å². The first kappa shape index (κ1) is 13.9. The number of amides is 1. The second kappa shape index (κ2) is 6.60. The number of hydrogen-bond acceptors (Lipinski definition) is 4. The zero-order chi connectivity index (χ0) is 14.4. The zero-order valence-corrected chi connectivity index (χ0v) is 10.9. The van der Waals surface area contributed by atoms with Crippen molar-refractivity contribution in [1.29, 1.82) is 0 Å². The van der Waals surface area contributed by atoms with E-state index in [0.29, 0.717) is 5.92 Å². The van der Waals surface area contributed by atoms with Gasteiger partial charge in [0.15, 0.2) is 0 Å². The lowest BCUT2D eigenvalue weighted by Crippen LogP contribution is -2.19. The van der Waals surface area contributed by atoms with Crippen molar-refractivity contribution in [2.75, 3.05) is 0 Å². The lowest BCUT2D eigenvalue weighted by molar-refractivity contribution is -0.384. The van der Waals surface area contributed by atoms with E-state index in [1.54, 1.807) is 6.21 Å². The van der Waals surface area contributed by atoms with Crippen molar-refractivity contribution in [2.45, 2.75) is 19.3 Å². The molecular weight excluding hydrogens is 258 g/mol. The maximum atomic E-state index is 11.8. The number of nitro benzene ring substituents is 1. The van der Waals surface area contributed by atoms with Crippen molar-refractivity contribution in [2.24, 2.45) is 11.0 Å². The average Bonchev–Trinajstić information content (AvgIpc) is 2.48. The third kappa shape index (κ3) is 3.74. The van der Waals surface area contributed by atoms with Crippen LogP contribution in [0.25, 0.3) is 0 Å². The Labute approximate surface area is 116 Å². The molecule has 0 spiro atoms. The number of nitrogens with one attached hydrogen (secondary N) is 1. The molecule has 1 aromatic rings. The number of carbonyl (C=O) groups is 1. The van der Waals surface area contributed by atoms with Gasteiger partial charge in [-0.2, -0.15) is 5.10 Å². The van der Waals surface area contributed by atoms with Crippen LogP contribution in [0.15, 0.2) is 41.5 Å². The number of hydrazone groups is 1. The van der Waals surface area contributed by atoms with E-state index in [1.165, 1.54) is 24.3 Å². The van der Waals surface area contributed by atoms with Crippen LogP contribution in [-0.4, -0.2) is 17.0 Å². The molecule has 6 nitrogen and oxygen atoms in total. The van der Waals surface area contributed by atoms with Gasteiger partial charge in [-0.15, -0.1) is 0 Å². The van der Waals surface area contributed by atoms with E-state index < -0.39 is 10.8 Å². The number of carbonyl (C=O) groups excluding carboxylic acids is 1. The molecule has 20 heavy (non-hydrogen) atoms. The fourth-order valence-corrected chi connectivity index (χ4v) is 1.98. The van der Waals surface area contributed by atoms with Crippen LogP contribution in [0.3, 0.4) is 0 Å². The molecular formula is C14H15N3O3. The molecule has 0 aromatic heterocycles. The molecule has 1 amide bonds. The SMILES string of the molecule is O=C(N/N=C/C1CC=CCC1)c1cccc([N+](=O)[O-])c1. The summed E-state index contributed by atoms with van der Waals surface area (Å²) in [4.78, 5) is 21.9. The molecule has 0 heterocycles. The van der Waals surface area contributed by atoms with Gasteiger partial charge < -0.3 is 0 Å². The summed E-state index contributed by atoms with van der Waals surface area (Å²) >= 11 is 0. The second-order valence-corrected chi connectivity index (χ2v) is 4.57. The summed E-state index contributed by atoms with van der Waals surface area (Å²) in [5, 5.41) is 14.6. The number of hydrogen-bond donors (Lipinski definition) is 1. The Kier molecular flexibility index (Phi) is 4.60. The Balaban J connectivity index is 1.94. The molecule has 0 radical (unpaired) electrons. The van der Waals surface area contributed by atoms with Crippen LogP contribution < -0.4 is 5.43 Å². The number of rotatable bonds is 4. The van der Waals surface area contributed by atoms with E-state index >= 15 is 0 Å². The second-order valence-electron chi connectivity index (χ2n) is 4.57. The summed E-state index contributed by atoms with van der Waals surface area (Å²) < 4.78 is 0. The number of nitrogens with zero attached hydrogens (tertiary/aromatic N) is 2. The monoisotopic (exact) mass is 273 g/mol. The summed E-state index contributed by atoms with van der Waals surface area (Å²) in [6, 6.07) is 5.56. The molecule has 2 rings (SSSR count). The molecule has 1 aliphatic rings. The van der Waals surface area contributed by atoms with Gasteiger partial charge >= 0.3 is 0 Å². The zero-order valence-electron chi connectivity index (χ0n) is 10.9. The van der Waals surface area contributed by atoms with Gasteiger partial charge in [-0.3, -0.25) is 14.9 Å². The minimum atomic E-state index is -0.533. The van der Waals surface area contributed by atoms with E-state index in [2.05, 4.69) is 22.7 Å². The first-order valence-electron chi connectivity index (χ1n) is 6.40. The predicted octanol–water partition coefficient (Wildman–Crippen LogP) is 2.67. The van der Waals surface area contributed by atoms with Gasteiger partial charge in [0.05, 0.1) is 4.92 Å². The molecule has 1 aliphatic carbocycles. The summed E-state index contributed by atoms with van der Waals surface area (Å²) in [6.07, 6.45) is 8.92. The van der Waals surface area contributed by atoms with Crippen LogP contribution in [0, 0.1) is 16.0 Å². The number of non-ortho nitro benzene ring substituents is 1. The number of nitro groups is 1. The molecule has 0 saturated heterocycles. The predicted molar refractivity (Wildman–Crippen MR) is 75.5 cm³/mol. The standard InChI is InChI=1S/C14H15N3O3/c18-14(12-7-4-8-13(9-12)17(19)20)16-15-10-11-5-2-1-3-6-11/h1-2,4,7-11H,3,5-6H2,(H,16,18)/b15-10+. The van der Waals surface area contributed by atoms with Crippen LogP contribution in [0.2, 0.25) is 0 Å². The summed E-state index contributed by atoms with van der Waals surface area (Å²) in [5.41, 5.74) is 2.51. The highest BCUT2D eigenvalue weighted by molar-refractivity contribution is 5.94. The molecule has 0 bridgehead atoms. The molecule has 0 aliphatic heterocycles. The van der Waals surface area contributed by atoms with E-state index in [0.717, 1.165) is 19.3 Å². The fraction of sp³-hybridized carbons (Fsp3) is 0.286. The lowest BCUT2D eigenvalue weighted by atomic mass is 9.96. The Hall–Kier alpha value is -2.50. The van der Waals surface area contributed by atoms with Crippen LogP contribution >= 0.6 is 0 Å². The van der Waals surface area contributed by atoms with Crippen molar-refractivity contribution in [3.63, 3.8) is 0 Å². The van der Waals surface area contributed by atoms with Crippen molar-refractivity contribution in [3.05, 3.63) is 52.1 Å². The van der Waals surface area contributed by atoms with Crippen molar-refractivity contribution < 1.29 is 9.72 Å². The summed E-state index contributed by atoms with van der Waals surface area (Å²) in [7, 11) is 0. The van der Waals surface area contributed by atoms with Gasteiger partial charge in [-0.25, -0.2) is 5.43 Å². The molecule has 1 aromatic carbocycles. The Morgan fingerprint density at radius 1 is 1.45 bits per heavy atom. The molecule has 6 heteroatoms. The van der Waals surface area contributed by atoms with Gasteiger partial charge in [0, 0.05) is 23.9 Å². The average molecular weight is 273 g/mol. The van der Waals surface area contributed by atoms with E-state index in [4.69, 9.17) is 0 Å². The highest BCUT2D eigenvalue weighted by Crippen LogP contribution is 2.16. The smallest absolute Gasteiger partial charge is 0.267 e. The highest BCUT2D eigenvalue weighted by Gasteiger charge is 2.11. The number of allylic oxidation sites excluding steroid dienone is 2. The molecule has 0 saturated carbocycles. The Morgan fingerprint density at radius 3 is 3.00 bits per heavy atom. The van der Waals surface area contributed by atoms with Gasteiger partial charge in [0.2, 0.25) is 0 Å². The largest absolute Gasteiger partial charge is 0.271 e. The first-order valence-corrected chi connectivity index (χ1v) is 6.40. The minimum Gasteiger partial charge on any atom is -0.267 e. The molecule has 1 N–H and O–H groups in total. The van der Waals surface area contributed by atoms with Crippen LogP contribution in [0.1, 0.15) is 29.6 Å². The maximum absolute atomic E-state index is 11.8. The van der Waals surface area contributed by atoms with Gasteiger partial charge in [0.25, 0.3) is 11.6 Å². The molecule has 0 fully saturated rings. The molecule has 1 atom stereocenters. The third-order valence-corrected chi connectivity index (χ3v) is 3.08. The molecule has 104 valence electrons. The van der Waals surface area contributed by atoms with E-state index in [1.807, 2.05) is 0 Å². The fourth-order valence-electron chi connectivity index (χ4n) is 1.98. The summed E-state index contributed by atoms with van der Waals surface area (Å²) in [6.45, 7) is 0. The van der Waals surface area contributed by atoms with E-state index in [9.17, 15) is 14.9 Å². The lowest BCUT2D eigenvalue weighted by Gasteiger charge is -2.11. The highest BCUT2D eigenvalue weighted by atomic mass is 16.6. The normalized spacial score (nSPS) is 18.1. The van der Waals surface area contributed by atoms with Gasteiger partial charge in [0.1, 0.15) is 0 Å². The first-order chi connectivity index (χ1) is 9.66. The minimum absolute atomic E-state index is 0.112. The van der Waals surface area contributed by atoms with Gasteiger partial charge in [-0.05, 0) is 31.2 Å². The summed E-state index contributed by atoms with van der Waals surface area (Å²) in [5.74, 6) is -0.110. The third-order valence-electron chi connectivity index (χ3n) is 3.08. The van der Waals surface area contributed by atoms with Crippen molar-refractivity contribution >= 4 is 17.8 Å².